The van der Waals surface area contributed by atoms with Crippen molar-refractivity contribution in [2.75, 3.05) is 6.61 Å². The van der Waals surface area contributed by atoms with Crippen LogP contribution in [0.15, 0.2) is 102 Å². The van der Waals surface area contributed by atoms with Crippen LogP contribution in [0.3, 0.4) is 0 Å². The van der Waals surface area contributed by atoms with Crippen LogP contribution in [-0.4, -0.2) is 95.4 Å². The molecule has 4 aliphatic rings. The summed E-state index contributed by atoms with van der Waals surface area (Å²) in [6, 6.07) is 24.4. The maximum atomic E-state index is 14.7. The molecule has 0 radical (unpaired) electrons. The van der Waals surface area contributed by atoms with Gasteiger partial charge in [0.15, 0.2) is 17.8 Å². The highest BCUT2D eigenvalue weighted by molar-refractivity contribution is 5.91. The van der Waals surface area contributed by atoms with Crippen molar-refractivity contribution < 1.29 is 67.0 Å². The molecular weight excluding hydrogens is 789 g/mol. The van der Waals surface area contributed by atoms with E-state index < -0.39 is 100 Å². The van der Waals surface area contributed by atoms with E-state index in [1.807, 2.05) is 0 Å². The maximum Gasteiger partial charge on any atom is 0.338 e. The summed E-state index contributed by atoms with van der Waals surface area (Å²) in [7, 11) is 0. The summed E-state index contributed by atoms with van der Waals surface area (Å²) in [5, 5.41) is 12.9. The molecule has 3 aromatic carbocycles. The van der Waals surface area contributed by atoms with Crippen LogP contribution in [0.1, 0.15) is 92.4 Å². The number of carbonyl (C=O) groups is 6. The van der Waals surface area contributed by atoms with Crippen molar-refractivity contribution in [3.05, 3.63) is 119 Å². The summed E-state index contributed by atoms with van der Waals surface area (Å²) >= 11 is 0. The second-order valence-electron chi connectivity index (χ2n) is 17.0. The van der Waals surface area contributed by atoms with Crippen molar-refractivity contribution in [3.8, 4) is 0 Å². The number of rotatable bonds is 10. The standard InChI is InChI=1S/C47H50O14/c1-26-33(56-27(2)48)24-46(44(5,6)54)36(26)37(59-42(52)31-19-13-9-14-20-31)39(57-28(3)49)45(7)34(58-41(51)30-17-11-8-12-18-30)23-35-47(25-55-35,61-29(4)50)38(45)40(46)60-43(53)32-21-15-10-16-22-32/h8-22,33-35,37-40,54H,23-25H2,1-7H3/t33-,34-,35+,37+,38+,39-,40-,45+,46-,47-/m0/s1. The molecule has 3 aliphatic carbocycles. The third kappa shape index (κ3) is 7.39. The molecule has 2 saturated carbocycles. The van der Waals surface area contributed by atoms with E-state index >= 15 is 0 Å². The molecule has 0 spiro atoms. The quantitative estimate of drug-likeness (QED) is 0.148. The average molecular weight is 839 g/mol. The van der Waals surface area contributed by atoms with Gasteiger partial charge >= 0.3 is 35.8 Å². The van der Waals surface area contributed by atoms with E-state index in [0.29, 0.717) is 5.57 Å². The van der Waals surface area contributed by atoms with Gasteiger partial charge in [-0.05, 0) is 68.3 Å². The molecule has 3 fully saturated rings. The van der Waals surface area contributed by atoms with Crippen LogP contribution in [0.2, 0.25) is 0 Å². The fourth-order valence-electron chi connectivity index (χ4n) is 10.4. The minimum Gasteiger partial charge on any atom is -0.458 e. The Labute approximate surface area is 353 Å². The minimum absolute atomic E-state index is 0.112. The number of hydrogen-bond donors (Lipinski definition) is 1. The Hall–Kier alpha value is -5.86. The zero-order valence-corrected chi connectivity index (χ0v) is 35.1. The van der Waals surface area contributed by atoms with Gasteiger partial charge in [0.05, 0.1) is 45.6 Å². The lowest BCUT2D eigenvalue weighted by molar-refractivity contribution is -0.350. The van der Waals surface area contributed by atoms with Gasteiger partial charge in [-0.25, -0.2) is 14.4 Å². The fourth-order valence-corrected chi connectivity index (χ4v) is 10.4. The van der Waals surface area contributed by atoms with E-state index in [-0.39, 0.29) is 41.7 Å². The Bertz CT molecular complexity index is 2230. The van der Waals surface area contributed by atoms with Gasteiger partial charge in [-0.1, -0.05) is 61.5 Å². The summed E-state index contributed by atoms with van der Waals surface area (Å²) in [5.41, 5.74) is -6.42. The Morgan fingerprint density at radius 2 is 1.16 bits per heavy atom. The second-order valence-corrected chi connectivity index (χ2v) is 17.0. The van der Waals surface area contributed by atoms with E-state index in [0.717, 1.165) is 6.92 Å². The Morgan fingerprint density at radius 3 is 1.61 bits per heavy atom. The fraction of sp³-hybridized carbons (Fsp3) is 0.447. The number of esters is 6. The van der Waals surface area contributed by atoms with Crippen LogP contribution in [0.25, 0.3) is 0 Å². The zero-order chi connectivity index (χ0) is 44.1. The number of ether oxygens (including phenoxy) is 7. The first-order valence-corrected chi connectivity index (χ1v) is 20.2. The van der Waals surface area contributed by atoms with Gasteiger partial charge in [0.2, 0.25) is 0 Å². The van der Waals surface area contributed by atoms with E-state index in [1.54, 1.807) is 92.7 Å². The van der Waals surface area contributed by atoms with Crippen molar-refractivity contribution in [2.24, 2.45) is 16.7 Å². The Morgan fingerprint density at radius 1 is 0.672 bits per heavy atom. The maximum absolute atomic E-state index is 14.7. The van der Waals surface area contributed by atoms with Crippen molar-refractivity contribution in [3.63, 3.8) is 0 Å². The molecule has 1 aliphatic heterocycles. The smallest absolute Gasteiger partial charge is 0.338 e. The average Bonchev–Trinajstić information content (AvgIpc) is 3.47. The van der Waals surface area contributed by atoms with Crippen molar-refractivity contribution >= 4 is 35.8 Å². The number of fused-ring (bicyclic) bond motifs is 4. The second kappa shape index (κ2) is 16.2. The van der Waals surface area contributed by atoms with E-state index in [2.05, 4.69) is 0 Å². The third-order valence-electron chi connectivity index (χ3n) is 13.0. The highest BCUT2D eigenvalue weighted by Gasteiger charge is 2.81. The number of aliphatic hydroxyl groups is 1. The van der Waals surface area contributed by atoms with Crippen molar-refractivity contribution in [1.82, 2.24) is 0 Å². The first-order valence-electron chi connectivity index (χ1n) is 20.2. The van der Waals surface area contributed by atoms with Crippen LogP contribution in [0.4, 0.5) is 0 Å². The summed E-state index contributed by atoms with van der Waals surface area (Å²) in [6.07, 6.45) is -8.57. The predicted octanol–water partition coefficient (Wildman–Crippen LogP) is 5.74. The molecule has 10 atom stereocenters. The minimum atomic E-state index is -1.96. The van der Waals surface area contributed by atoms with Crippen molar-refractivity contribution in [1.29, 1.82) is 0 Å². The largest absolute Gasteiger partial charge is 0.458 e. The van der Waals surface area contributed by atoms with Gasteiger partial charge < -0.3 is 38.3 Å². The molecule has 14 heteroatoms. The number of carbonyl (C=O) groups excluding carboxylic acids is 6. The van der Waals surface area contributed by atoms with Crippen LogP contribution in [0.5, 0.6) is 0 Å². The van der Waals surface area contributed by atoms with Gasteiger partial charge in [-0.15, -0.1) is 0 Å². The molecule has 1 N–H and O–H groups in total. The molecule has 0 amide bonds. The number of hydrogen-bond acceptors (Lipinski definition) is 14. The van der Waals surface area contributed by atoms with Gasteiger partial charge in [-0.2, -0.15) is 0 Å². The molecule has 1 heterocycles. The molecule has 0 aromatic heterocycles. The first-order chi connectivity index (χ1) is 28.8. The molecule has 322 valence electrons. The van der Waals surface area contributed by atoms with Crippen LogP contribution in [-0.2, 0) is 47.5 Å². The number of benzene rings is 3. The molecule has 1 saturated heterocycles. The SMILES string of the molecule is CC(=O)O[C@H]1C[C@]2(C(C)(C)O)C(=C1C)[C@@H](OC(=O)c1ccccc1)[C@H](OC(C)=O)[C@]1(C)[C@@H](OC(=O)c3ccccc3)C[C@H]3OC[C@@]3(OC(C)=O)[C@@H]1[C@@H]2OC(=O)c1ccccc1. The molecule has 0 unspecified atom stereocenters. The first kappa shape index (κ1) is 43.2. The van der Waals surface area contributed by atoms with Crippen LogP contribution in [0, 0.1) is 16.7 Å². The van der Waals surface area contributed by atoms with E-state index in [1.165, 1.54) is 39.8 Å². The molecule has 7 rings (SSSR count). The monoisotopic (exact) mass is 838 g/mol. The van der Waals surface area contributed by atoms with E-state index in [9.17, 15) is 33.9 Å². The van der Waals surface area contributed by atoms with Gasteiger partial charge in [0.25, 0.3) is 0 Å². The summed E-state index contributed by atoms with van der Waals surface area (Å²) in [4.78, 5) is 83.1. The highest BCUT2D eigenvalue weighted by atomic mass is 16.6. The van der Waals surface area contributed by atoms with Gasteiger partial charge in [0, 0.05) is 33.6 Å². The highest BCUT2D eigenvalue weighted by Crippen LogP contribution is 2.69. The third-order valence-corrected chi connectivity index (χ3v) is 13.0. The predicted molar refractivity (Wildman–Crippen MR) is 215 cm³/mol. The van der Waals surface area contributed by atoms with Gasteiger partial charge in [0.1, 0.15) is 24.4 Å². The van der Waals surface area contributed by atoms with Gasteiger partial charge in [-0.3, -0.25) is 14.4 Å². The zero-order valence-electron chi connectivity index (χ0n) is 35.1. The molecule has 61 heavy (non-hydrogen) atoms. The molecule has 0 bridgehead atoms. The summed E-state index contributed by atoms with van der Waals surface area (Å²) in [5.74, 6) is -6.03. The lowest BCUT2D eigenvalue weighted by atomic mass is 9.49. The molecule has 3 aromatic rings. The lowest BCUT2D eigenvalue weighted by Gasteiger charge is -2.65. The van der Waals surface area contributed by atoms with E-state index in [4.69, 9.17) is 33.2 Å². The summed E-state index contributed by atoms with van der Waals surface area (Å²) < 4.78 is 44.7. The molecule has 14 nitrogen and oxygen atoms in total. The van der Waals surface area contributed by atoms with Crippen LogP contribution < -0.4 is 0 Å². The van der Waals surface area contributed by atoms with Crippen LogP contribution >= 0.6 is 0 Å². The van der Waals surface area contributed by atoms with Crippen molar-refractivity contribution in [2.45, 2.75) is 109 Å². The Balaban J connectivity index is 1.60. The molecular formula is C47H50O14. The normalized spacial score (nSPS) is 31.4. The summed E-state index contributed by atoms with van der Waals surface area (Å²) in [6.45, 7) is 9.63. The topological polar surface area (TPSA) is 187 Å². The Kier molecular flexibility index (Phi) is 11.5. The lowest BCUT2D eigenvalue weighted by Crippen LogP contribution is -2.79.